The maximum Gasteiger partial charge on any atom is 0.224 e. The summed E-state index contributed by atoms with van der Waals surface area (Å²) in [6.07, 6.45) is 6.19. The summed E-state index contributed by atoms with van der Waals surface area (Å²) < 4.78 is 13.4. The number of pyridine rings is 3. The number of hydrogen-bond acceptors (Lipinski definition) is 6. The first-order valence-corrected chi connectivity index (χ1v) is 11.8. The Morgan fingerprint density at radius 1 is 1.03 bits per heavy atom. The zero-order valence-corrected chi connectivity index (χ0v) is 19.8. The summed E-state index contributed by atoms with van der Waals surface area (Å²) in [6.45, 7) is 1.96. The van der Waals surface area contributed by atoms with Gasteiger partial charge in [-0.2, -0.15) is 5.10 Å². The van der Waals surface area contributed by atoms with Gasteiger partial charge in [-0.15, -0.1) is 0 Å². The molecular formula is C27H21FN8O. The van der Waals surface area contributed by atoms with Crippen LogP contribution in [0, 0.1) is 5.82 Å². The summed E-state index contributed by atoms with van der Waals surface area (Å²) in [6, 6.07) is 13.7. The number of fused-ring (bicyclic) bond motifs is 2. The van der Waals surface area contributed by atoms with Gasteiger partial charge in [-0.25, -0.2) is 19.3 Å². The van der Waals surface area contributed by atoms with Crippen LogP contribution in [0.3, 0.4) is 0 Å². The van der Waals surface area contributed by atoms with Gasteiger partial charge < -0.3 is 10.3 Å². The lowest BCUT2D eigenvalue weighted by atomic mass is 10.1. The van der Waals surface area contributed by atoms with E-state index in [1.807, 2.05) is 31.2 Å². The predicted octanol–water partition coefficient (Wildman–Crippen LogP) is 5.50. The van der Waals surface area contributed by atoms with Crippen LogP contribution in [0.25, 0.3) is 56.1 Å². The van der Waals surface area contributed by atoms with Crippen molar-refractivity contribution in [1.82, 2.24) is 35.1 Å². The molecule has 1 aromatic carbocycles. The summed E-state index contributed by atoms with van der Waals surface area (Å²) in [7, 11) is 0. The second-order valence-corrected chi connectivity index (χ2v) is 8.57. The number of carbonyl (C=O) groups excluding carboxylic acids is 1. The Hall–Kier alpha value is -4.99. The Morgan fingerprint density at radius 2 is 1.89 bits per heavy atom. The molecule has 182 valence electrons. The van der Waals surface area contributed by atoms with Gasteiger partial charge in [-0.1, -0.05) is 19.1 Å². The number of nitrogens with zero attached hydrogens (tertiary/aromatic N) is 5. The average molecular weight is 493 g/mol. The number of anilines is 1. The van der Waals surface area contributed by atoms with Crippen molar-refractivity contribution in [3.63, 3.8) is 0 Å². The molecule has 0 radical (unpaired) electrons. The van der Waals surface area contributed by atoms with E-state index in [0.717, 1.165) is 34.1 Å². The molecule has 3 N–H and O–H groups in total. The summed E-state index contributed by atoms with van der Waals surface area (Å²) in [5.41, 5.74) is 6.89. The first-order valence-electron chi connectivity index (χ1n) is 11.8. The van der Waals surface area contributed by atoms with E-state index in [9.17, 15) is 9.18 Å². The van der Waals surface area contributed by atoms with Gasteiger partial charge in [0.15, 0.2) is 17.2 Å². The molecule has 0 atom stereocenters. The molecular weight excluding hydrogens is 471 g/mol. The van der Waals surface area contributed by atoms with E-state index in [4.69, 9.17) is 4.98 Å². The van der Waals surface area contributed by atoms with E-state index in [1.165, 1.54) is 12.1 Å². The van der Waals surface area contributed by atoms with Crippen molar-refractivity contribution in [2.24, 2.45) is 0 Å². The largest absolute Gasteiger partial charge is 0.335 e. The first kappa shape index (κ1) is 22.5. The van der Waals surface area contributed by atoms with Crippen LogP contribution in [0.2, 0.25) is 0 Å². The quantitative estimate of drug-likeness (QED) is 0.282. The number of aromatic nitrogens is 7. The van der Waals surface area contributed by atoms with Crippen LogP contribution >= 0.6 is 0 Å². The van der Waals surface area contributed by atoms with E-state index < -0.39 is 0 Å². The van der Waals surface area contributed by atoms with Gasteiger partial charge in [0, 0.05) is 29.9 Å². The van der Waals surface area contributed by atoms with Crippen molar-refractivity contribution in [3.05, 3.63) is 72.9 Å². The number of amides is 1. The molecule has 6 rings (SSSR count). The van der Waals surface area contributed by atoms with Gasteiger partial charge in [0.25, 0.3) is 0 Å². The molecule has 1 amide bonds. The molecule has 10 heteroatoms. The Bertz CT molecular complexity index is 1760. The molecule has 0 spiro atoms. The van der Waals surface area contributed by atoms with Crippen molar-refractivity contribution in [2.75, 3.05) is 5.32 Å². The minimum Gasteiger partial charge on any atom is -0.335 e. The monoisotopic (exact) mass is 492 g/mol. The third-order valence-electron chi connectivity index (χ3n) is 5.97. The highest BCUT2D eigenvalue weighted by Gasteiger charge is 2.17. The van der Waals surface area contributed by atoms with Crippen LogP contribution < -0.4 is 5.32 Å². The molecule has 0 aliphatic heterocycles. The van der Waals surface area contributed by atoms with Crippen LogP contribution in [0.15, 0.2) is 67.1 Å². The highest BCUT2D eigenvalue weighted by atomic mass is 19.1. The Kier molecular flexibility index (Phi) is 5.61. The van der Waals surface area contributed by atoms with Gasteiger partial charge >= 0.3 is 0 Å². The Morgan fingerprint density at radius 3 is 2.73 bits per heavy atom. The van der Waals surface area contributed by atoms with Crippen LogP contribution in [0.5, 0.6) is 0 Å². The van der Waals surface area contributed by atoms with Crippen LogP contribution in [-0.4, -0.2) is 41.0 Å². The summed E-state index contributed by atoms with van der Waals surface area (Å²) in [5, 5.41) is 10.3. The zero-order chi connectivity index (χ0) is 25.4. The van der Waals surface area contributed by atoms with E-state index in [1.54, 1.807) is 30.7 Å². The smallest absolute Gasteiger partial charge is 0.224 e. The molecule has 0 aliphatic carbocycles. The van der Waals surface area contributed by atoms with Gasteiger partial charge in [0.2, 0.25) is 5.91 Å². The average Bonchev–Trinajstić information content (AvgIpc) is 3.53. The molecule has 0 saturated heterocycles. The predicted molar refractivity (Wildman–Crippen MR) is 139 cm³/mol. The minimum absolute atomic E-state index is 0.0551. The SMILES string of the molecule is CCCC(=O)Nc1cncc(-c2ccc3[nH]nc(-c4nc5nccc(-c6ccc(F)cc6)c5[nH]4)c3n2)c1. The Labute approximate surface area is 210 Å². The maximum absolute atomic E-state index is 13.4. The lowest BCUT2D eigenvalue weighted by Crippen LogP contribution is -2.10. The molecule has 9 nitrogen and oxygen atoms in total. The van der Waals surface area contributed by atoms with E-state index in [2.05, 4.69) is 35.5 Å². The molecule has 0 bridgehead atoms. The number of nitrogens with one attached hydrogen (secondary N) is 3. The summed E-state index contributed by atoms with van der Waals surface area (Å²) >= 11 is 0. The van der Waals surface area contributed by atoms with Crippen LogP contribution in [0.4, 0.5) is 10.1 Å². The van der Waals surface area contributed by atoms with E-state index >= 15 is 0 Å². The lowest BCUT2D eigenvalue weighted by Gasteiger charge is -2.06. The van der Waals surface area contributed by atoms with Gasteiger partial charge in [0.1, 0.15) is 11.3 Å². The molecule has 0 fully saturated rings. The zero-order valence-electron chi connectivity index (χ0n) is 19.8. The van der Waals surface area contributed by atoms with Crippen molar-refractivity contribution < 1.29 is 9.18 Å². The standard InChI is InChI=1S/C27H21FN8O/c1-2-3-22(37)31-18-12-16(13-29-14-18)20-8-9-21-24(32-20)25(36-35-21)27-33-23-19(10-11-30-26(23)34-27)15-4-6-17(28)7-5-15/h4-14H,2-3H2,1H3,(H,31,37)(H,35,36)(H,30,33,34). The fraction of sp³-hybridized carbons (Fsp3) is 0.111. The fourth-order valence-electron chi connectivity index (χ4n) is 4.22. The van der Waals surface area contributed by atoms with Crippen molar-refractivity contribution >= 4 is 33.8 Å². The van der Waals surface area contributed by atoms with Gasteiger partial charge in [0.05, 0.1) is 28.6 Å². The molecule has 5 aromatic heterocycles. The van der Waals surface area contributed by atoms with Gasteiger partial charge in [-0.3, -0.25) is 14.9 Å². The molecule has 0 aliphatic rings. The second kappa shape index (κ2) is 9.23. The fourth-order valence-corrected chi connectivity index (χ4v) is 4.22. The van der Waals surface area contributed by atoms with E-state index in [0.29, 0.717) is 40.5 Å². The third-order valence-corrected chi connectivity index (χ3v) is 5.97. The van der Waals surface area contributed by atoms with Crippen molar-refractivity contribution in [3.8, 4) is 33.9 Å². The number of carbonyl (C=O) groups is 1. The number of H-pyrrole nitrogens is 2. The van der Waals surface area contributed by atoms with Gasteiger partial charge in [-0.05, 0) is 48.4 Å². The first-order chi connectivity index (χ1) is 18.1. The summed E-state index contributed by atoms with van der Waals surface area (Å²) in [4.78, 5) is 33.5. The highest BCUT2D eigenvalue weighted by molar-refractivity contribution is 5.95. The topological polar surface area (TPSA) is 125 Å². The lowest BCUT2D eigenvalue weighted by molar-refractivity contribution is -0.116. The summed E-state index contributed by atoms with van der Waals surface area (Å²) in [5.74, 6) is 0.153. The van der Waals surface area contributed by atoms with Crippen molar-refractivity contribution in [1.29, 1.82) is 0 Å². The molecule has 5 heterocycles. The molecule has 37 heavy (non-hydrogen) atoms. The maximum atomic E-state index is 13.4. The molecule has 0 saturated carbocycles. The Balaban J connectivity index is 1.40. The molecule has 6 aromatic rings. The molecule has 0 unspecified atom stereocenters. The normalized spacial score (nSPS) is 11.3. The van der Waals surface area contributed by atoms with Crippen LogP contribution in [-0.2, 0) is 4.79 Å². The number of aromatic amines is 2. The van der Waals surface area contributed by atoms with E-state index in [-0.39, 0.29) is 11.7 Å². The second-order valence-electron chi connectivity index (χ2n) is 8.57. The number of benzene rings is 1. The van der Waals surface area contributed by atoms with Crippen LogP contribution in [0.1, 0.15) is 19.8 Å². The highest BCUT2D eigenvalue weighted by Crippen LogP contribution is 2.31. The minimum atomic E-state index is -0.298. The number of rotatable bonds is 6. The number of hydrogen-bond donors (Lipinski definition) is 3. The third kappa shape index (κ3) is 4.29. The number of imidazole rings is 1. The number of halogens is 1. The van der Waals surface area contributed by atoms with Crippen molar-refractivity contribution in [2.45, 2.75) is 19.8 Å².